The van der Waals surface area contributed by atoms with Crippen LogP contribution in [0.5, 0.6) is 5.75 Å². The molecule has 2 fully saturated rings. The lowest BCUT2D eigenvalue weighted by Gasteiger charge is -2.24. The topological polar surface area (TPSA) is 75.7 Å². The second-order valence-corrected chi connectivity index (χ2v) is 10.4. The number of nitrogens with one attached hydrogen (secondary N) is 1. The van der Waals surface area contributed by atoms with Gasteiger partial charge in [-0.3, -0.25) is 9.10 Å². The fourth-order valence-corrected chi connectivity index (χ4v) is 6.12. The summed E-state index contributed by atoms with van der Waals surface area (Å²) >= 11 is 0. The highest BCUT2D eigenvalue weighted by atomic mass is 32.2. The predicted octanol–water partition coefficient (Wildman–Crippen LogP) is 3.75. The van der Waals surface area contributed by atoms with Crippen LogP contribution in [-0.4, -0.2) is 34.5 Å². The van der Waals surface area contributed by atoms with E-state index in [-0.39, 0.29) is 16.8 Å². The Morgan fingerprint density at radius 3 is 2.40 bits per heavy atom. The summed E-state index contributed by atoms with van der Waals surface area (Å²) in [7, 11) is -0.659. The third-order valence-electron chi connectivity index (χ3n) is 6.57. The molecular weight excluding hydrogens is 400 g/mol. The average Bonchev–Trinajstić information content (AvgIpc) is 3.36. The minimum absolute atomic E-state index is 0.0807. The van der Waals surface area contributed by atoms with Crippen LogP contribution in [-0.2, 0) is 10.0 Å². The summed E-state index contributed by atoms with van der Waals surface area (Å²) in [6, 6.07) is 11.7. The van der Waals surface area contributed by atoms with E-state index in [2.05, 4.69) is 5.32 Å². The van der Waals surface area contributed by atoms with Gasteiger partial charge in [0.05, 0.1) is 17.7 Å². The molecule has 3 atom stereocenters. The molecule has 2 unspecified atom stereocenters. The van der Waals surface area contributed by atoms with Crippen molar-refractivity contribution in [1.29, 1.82) is 0 Å². The van der Waals surface area contributed by atoms with Crippen LogP contribution >= 0.6 is 0 Å². The largest absolute Gasteiger partial charge is 0.497 e. The van der Waals surface area contributed by atoms with Gasteiger partial charge in [0, 0.05) is 18.7 Å². The monoisotopic (exact) mass is 428 g/mol. The van der Waals surface area contributed by atoms with Gasteiger partial charge in [-0.15, -0.1) is 0 Å². The molecule has 1 amide bonds. The third-order valence-corrected chi connectivity index (χ3v) is 8.36. The fourth-order valence-electron chi connectivity index (χ4n) is 4.86. The van der Waals surface area contributed by atoms with E-state index in [0.717, 1.165) is 17.9 Å². The molecule has 0 aliphatic heterocycles. The van der Waals surface area contributed by atoms with Gasteiger partial charge in [-0.2, -0.15) is 0 Å². The zero-order valence-corrected chi connectivity index (χ0v) is 18.4. The van der Waals surface area contributed by atoms with Gasteiger partial charge in [-0.25, -0.2) is 8.42 Å². The summed E-state index contributed by atoms with van der Waals surface area (Å²) in [5, 5.41) is 3.19. The Balaban J connectivity index is 1.51. The highest BCUT2D eigenvalue weighted by Crippen LogP contribution is 2.44. The maximum Gasteiger partial charge on any atom is 0.264 e. The summed E-state index contributed by atoms with van der Waals surface area (Å²) in [6.45, 7) is 1.82. The molecule has 2 aromatic carbocycles. The first kappa shape index (κ1) is 20.7. The van der Waals surface area contributed by atoms with Gasteiger partial charge in [0.15, 0.2) is 0 Å². The van der Waals surface area contributed by atoms with E-state index >= 15 is 0 Å². The number of nitrogens with zero attached hydrogens (tertiary/aromatic N) is 1. The quantitative estimate of drug-likeness (QED) is 0.760. The highest BCUT2D eigenvalue weighted by molar-refractivity contribution is 7.92. The first-order valence-corrected chi connectivity index (χ1v) is 11.8. The summed E-state index contributed by atoms with van der Waals surface area (Å²) < 4.78 is 32.4. The zero-order valence-electron chi connectivity index (χ0n) is 17.6. The molecule has 6 nitrogen and oxygen atoms in total. The van der Waals surface area contributed by atoms with Crippen LogP contribution in [0.2, 0.25) is 0 Å². The number of hydrogen-bond acceptors (Lipinski definition) is 4. The molecule has 2 aliphatic carbocycles. The van der Waals surface area contributed by atoms with E-state index in [4.69, 9.17) is 4.74 Å². The second-order valence-electron chi connectivity index (χ2n) is 8.40. The molecule has 7 heteroatoms. The Kier molecular flexibility index (Phi) is 5.49. The molecule has 2 aromatic rings. The second kappa shape index (κ2) is 7.95. The third kappa shape index (κ3) is 3.78. The summed E-state index contributed by atoms with van der Waals surface area (Å²) in [5.74, 6) is 1.89. The molecule has 2 bridgehead atoms. The molecule has 4 rings (SSSR count). The highest BCUT2D eigenvalue weighted by Gasteiger charge is 2.40. The Morgan fingerprint density at radius 1 is 1.10 bits per heavy atom. The van der Waals surface area contributed by atoms with Crippen LogP contribution in [0, 0.1) is 18.8 Å². The van der Waals surface area contributed by atoms with Crippen molar-refractivity contribution in [3.63, 3.8) is 0 Å². The number of carbonyl (C=O) groups is 1. The van der Waals surface area contributed by atoms with Crippen molar-refractivity contribution in [1.82, 2.24) is 5.32 Å². The summed E-state index contributed by atoms with van der Waals surface area (Å²) in [4.78, 5) is 12.9. The summed E-state index contributed by atoms with van der Waals surface area (Å²) in [6.07, 6.45) is 4.81. The lowest BCUT2D eigenvalue weighted by molar-refractivity contribution is 0.0923. The van der Waals surface area contributed by atoms with Crippen LogP contribution in [0.15, 0.2) is 47.4 Å². The Labute approximate surface area is 178 Å². The minimum atomic E-state index is -3.72. The van der Waals surface area contributed by atoms with Crippen LogP contribution in [0.25, 0.3) is 0 Å². The average molecular weight is 429 g/mol. The first-order valence-electron chi connectivity index (χ1n) is 10.3. The molecule has 0 radical (unpaired) electrons. The molecule has 1 N–H and O–H groups in total. The molecule has 160 valence electrons. The number of amides is 1. The van der Waals surface area contributed by atoms with Crippen LogP contribution in [0.3, 0.4) is 0 Å². The number of aryl methyl sites for hydroxylation is 1. The van der Waals surface area contributed by atoms with Crippen molar-refractivity contribution >= 4 is 21.6 Å². The molecule has 0 heterocycles. The van der Waals surface area contributed by atoms with Gasteiger partial charge in [-0.05, 0) is 86.1 Å². The van der Waals surface area contributed by atoms with E-state index in [1.807, 2.05) is 6.92 Å². The SMILES string of the molecule is COc1ccc(S(=O)(=O)N(C)c2ccc(C(=O)N[C@@H]3CC4CCC3C4)cc2C)cc1. The first-order chi connectivity index (χ1) is 14.3. The van der Waals surface area contributed by atoms with Gasteiger partial charge in [-0.1, -0.05) is 6.42 Å². The molecule has 2 aliphatic rings. The lowest BCUT2D eigenvalue weighted by Crippen LogP contribution is -2.38. The number of anilines is 1. The maximum atomic E-state index is 13.0. The van der Waals surface area contributed by atoms with Crippen LogP contribution < -0.4 is 14.4 Å². The van der Waals surface area contributed by atoms with Crippen molar-refractivity contribution in [2.24, 2.45) is 11.8 Å². The molecule has 30 heavy (non-hydrogen) atoms. The van der Waals surface area contributed by atoms with Gasteiger partial charge in [0.2, 0.25) is 0 Å². The molecule has 0 saturated heterocycles. The maximum absolute atomic E-state index is 13.0. The number of sulfonamides is 1. The van der Waals surface area contributed by atoms with Crippen molar-refractivity contribution in [2.45, 2.75) is 43.5 Å². The van der Waals surface area contributed by atoms with E-state index in [1.165, 1.54) is 49.9 Å². The smallest absolute Gasteiger partial charge is 0.264 e. The minimum Gasteiger partial charge on any atom is -0.497 e. The van der Waals surface area contributed by atoms with Crippen molar-refractivity contribution in [3.8, 4) is 5.75 Å². The Hall–Kier alpha value is -2.54. The molecule has 0 aromatic heterocycles. The van der Waals surface area contributed by atoms with Gasteiger partial charge >= 0.3 is 0 Å². The fraction of sp³-hybridized carbons (Fsp3) is 0.435. The summed E-state index contributed by atoms with van der Waals surface area (Å²) in [5.41, 5.74) is 1.84. The standard InChI is InChI=1S/C23H28N2O4S/c1-15-12-18(23(26)24-21-14-16-4-5-17(21)13-16)6-11-22(15)25(2)30(27,28)20-9-7-19(29-3)8-10-20/h6-12,16-17,21H,4-5,13-14H2,1-3H3,(H,24,26)/t16?,17?,21-/m1/s1. The predicted molar refractivity (Wildman–Crippen MR) is 116 cm³/mol. The Morgan fingerprint density at radius 2 is 1.83 bits per heavy atom. The van der Waals surface area contributed by atoms with Gasteiger partial charge < -0.3 is 10.1 Å². The number of carbonyl (C=O) groups excluding carboxylic acids is 1. The number of ether oxygens (including phenoxy) is 1. The van der Waals surface area contributed by atoms with Gasteiger partial charge in [0.25, 0.3) is 15.9 Å². The van der Waals surface area contributed by atoms with Gasteiger partial charge in [0.1, 0.15) is 5.75 Å². The zero-order chi connectivity index (χ0) is 21.5. The molecule has 2 saturated carbocycles. The van der Waals surface area contributed by atoms with E-state index in [0.29, 0.717) is 22.9 Å². The molecule has 0 spiro atoms. The number of benzene rings is 2. The van der Waals surface area contributed by atoms with E-state index in [1.54, 1.807) is 30.3 Å². The number of rotatable bonds is 6. The van der Waals surface area contributed by atoms with E-state index < -0.39 is 10.0 Å². The van der Waals surface area contributed by atoms with Crippen LogP contribution in [0.1, 0.15) is 41.6 Å². The number of methoxy groups -OCH3 is 1. The molecular formula is C23H28N2O4S. The van der Waals surface area contributed by atoms with Crippen LogP contribution in [0.4, 0.5) is 5.69 Å². The Bertz CT molecular complexity index is 1050. The number of hydrogen-bond donors (Lipinski definition) is 1. The number of fused-ring (bicyclic) bond motifs is 2. The normalized spacial score (nSPS) is 22.7. The van der Waals surface area contributed by atoms with E-state index in [9.17, 15) is 13.2 Å². The van der Waals surface area contributed by atoms with Crippen molar-refractivity contribution in [3.05, 3.63) is 53.6 Å². The lowest BCUT2D eigenvalue weighted by atomic mass is 9.95. The van der Waals surface area contributed by atoms with Crippen molar-refractivity contribution in [2.75, 3.05) is 18.5 Å². The van der Waals surface area contributed by atoms with Crippen molar-refractivity contribution < 1.29 is 17.9 Å².